The van der Waals surface area contributed by atoms with E-state index in [0.717, 1.165) is 13.1 Å². The molecular weight excluding hydrogens is 100 g/mol. The summed E-state index contributed by atoms with van der Waals surface area (Å²) in [6, 6.07) is 0. The van der Waals surface area contributed by atoms with Crippen LogP contribution < -0.4 is 5.73 Å². The fourth-order valence-electron chi connectivity index (χ4n) is 1.01. The van der Waals surface area contributed by atoms with E-state index in [9.17, 15) is 0 Å². The van der Waals surface area contributed by atoms with Gasteiger partial charge in [0.25, 0.3) is 0 Å². The molecule has 1 heterocycles. The molecule has 0 saturated carbocycles. The number of hydrogen-bond donors (Lipinski definition) is 1. The molecule has 0 atom stereocenters. The third-order valence-electron chi connectivity index (χ3n) is 1.39. The summed E-state index contributed by atoms with van der Waals surface area (Å²) >= 11 is 0. The van der Waals surface area contributed by atoms with Gasteiger partial charge in [-0.15, -0.1) is 0 Å². The Hall–Kier alpha value is -0.500. The van der Waals surface area contributed by atoms with Gasteiger partial charge in [-0.2, -0.15) is 0 Å². The maximum Gasteiger partial charge on any atom is 0.0480 e. The Kier molecular flexibility index (Phi) is 1.05. The first kappa shape index (κ1) is 5.63. The molecule has 0 aliphatic carbocycles. The number of nitrogens with two attached hydrogens (primary N) is 1. The van der Waals surface area contributed by atoms with Crippen molar-refractivity contribution in [3.8, 4) is 0 Å². The van der Waals surface area contributed by atoms with Crippen molar-refractivity contribution in [2.45, 2.75) is 12.5 Å². The van der Waals surface area contributed by atoms with Crippen molar-refractivity contribution in [1.29, 1.82) is 0 Å². The van der Waals surface area contributed by atoms with Crippen LogP contribution in [-0.4, -0.2) is 23.5 Å². The molecule has 2 N–H and O–H groups in total. The van der Waals surface area contributed by atoms with Crippen LogP contribution in [0.5, 0.6) is 0 Å². The maximum absolute atomic E-state index is 5.70. The van der Waals surface area contributed by atoms with Gasteiger partial charge in [-0.25, -0.2) is 0 Å². The van der Waals surface area contributed by atoms with Gasteiger partial charge in [0.1, 0.15) is 0 Å². The normalized spacial score (nSPS) is 24.5. The molecule has 46 valence electrons. The largest absolute Gasteiger partial charge is 0.374 e. The highest BCUT2D eigenvalue weighted by Gasteiger charge is 2.31. The van der Waals surface area contributed by atoms with Crippen LogP contribution >= 0.6 is 0 Å². The van der Waals surface area contributed by atoms with Crippen LogP contribution in [0.2, 0.25) is 0 Å². The molecule has 0 aromatic carbocycles. The predicted octanol–water partition coefficient (Wildman–Crippen LogP) is 0.163. The SMILES string of the molecule is C=CN1CC(C)(N)C1. The number of rotatable bonds is 1. The average Bonchev–Trinajstić information content (AvgIpc) is 1.60. The van der Waals surface area contributed by atoms with Crippen molar-refractivity contribution in [2.24, 2.45) is 5.73 Å². The quantitative estimate of drug-likeness (QED) is 0.523. The van der Waals surface area contributed by atoms with Gasteiger partial charge in [0, 0.05) is 18.6 Å². The van der Waals surface area contributed by atoms with Gasteiger partial charge in [-0.1, -0.05) is 6.58 Å². The Morgan fingerprint density at radius 1 is 1.75 bits per heavy atom. The van der Waals surface area contributed by atoms with E-state index in [2.05, 4.69) is 11.5 Å². The molecule has 1 aliphatic heterocycles. The lowest BCUT2D eigenvalue weighted by Gasteiger charge is -2.44. The van der Waals surface area contributed by atoms with Gasteiger partial charge in [0.05, 0.1) is 0 Å². The van der Waals surface area contributed by atoms with Crippen molar-refractivity contribution < 1.29 is 0 Å². The lowest BCUT2D eigenvalue weighted by atomic mass is 9.95. The zero-order valence-electron chi connectivity index (χ0n) is 5.22. The summed E-state index contributed by atoms with van der Waals surface area (Å²) in [4.78, 5) is 2.10. The summed E-state index contributed by atoms with van der Waals surface area (Å²) in [5.74, 6) is 0. The Labute approximate surface area is 50.0 Å². The Morgan fingerprint density at radius 2 is 2.25 bits per heavy atom. The monoisotopic (exact) mass is 112 g/mol. The number of likely N-dealkylation sites (tertiary alicyclic amines) is 1. The van der Waals surface area contributed by atoms with E-state index in [-0.39, 0.29) is 5.54 Å². The second-order valence-electron chi connectivity index (χ2n) is 2.74. The van der Waals surface area contributed by atoms with E-state index in [1.807, 2.05) is 13.1 Å². The first-order valence-electron chi connectivity index (χ1n) is 2.79. The first-order chi connectivity index (χ1) is 3.64. The summed E-state index contributed by atoms with van der Waals surface area (Å²) in [5, 5.41) is 0. The summed E-state index contributed by atoms with van der Waals surface area (Å²) in [5.41, 5.74) is 5.75. The van der Waals surface area contributed by atoms with Crippen LogP contribution in [0.4, 0.5) is 0 Å². The van der Waals surface area contributed by atoms with Crippen LogP contribution in [-0.2, 0) is 0 Å². The van der Waals surface area contributed by atoms with Gasteiger partial charge in [-0.05, 0) is 13.1 Å². The van der Waals surface area contributed by atoms with Crippen LogP contribution in [0.1, 0.15) is 6.92 Å². The van der Waals surface area contributed by atoms with E-state index >= 15 is 0 Å². The van der Waals surface area contributed by atoms with Crippen molar-refractivity contribution >= 4 is 0 Å². The predicted molar refractivity (Wildman–Crippen MR) is 34.4 cm³/mol. The molecule has 2 nitrogen and oxygen atoms in total. The standard InChI is InChI=1S/C6H12N2/c1-3-8-4-6(2,7)5-8/h3H,1,4-5,7H2,2H3. The molecule has 0 unspecified atom stereocenters. The van der Waals surface area contributed by atoms with E-state index < -0.39 is 0 Å². The highest BCUT2D eigenvalue weighted by molar-refractivity contribution is 4.99. The second kappa shape index (κ2) is 1.49. The van der Waals surface area contributed by atoms with E-state index in [0.29, 0.717) is 0 Å². The number of hydrogen-bond acceptors (Lipinski definition) is 2. The summed E-state index contributed by atoms with van der Waals surface area (Å²) in [6.45, 7) is 7.58. The molecule has 1 saturated heterocycles. The summed E-state index contributed by atoms with van der Waals surface area (Å²) in [7, 11) is 0. The minimum absolute atomic E-state index is 0.0498. The molecule has 8 heavy (non-hydrogen) atoms. The van der Waals surface area contributed by atoms with Crippen LogP contribution in [0.15, 0.2) is 12.8 Å². The van der Waals surface area contributed by atoms with Gasteiger partial charge >= 0.3 is 0 Å². The Bertz CT molecular complexity index is 99.1. The van der Waals surface area contributed by atoms with Crippen molar-refractivity contribution in [1.82, 2.24) is 4.90 Å². The molecule has 1 fully saturated rings. The van der Waals surface area contributed by atoms with Crippen LogP contribution in [0.3, 0.4) is 0 Å². The van der Waals surface area contributed by atoms with Crippen LogP contribution in [0.25, 0.3) is 0 Å². The molecule has 0 radical (unpaired) electrons. The van der Waals surface area contributed by atoms with Crippen LogP contribution in [0, 0.1) is 0 Å². The molecular formula is C6H12N2. The summed E-state index contributed by atoms with van der Waals surface area (Å²) in [6.07, 6.45) is 1.83. The molecule has 0 bridgehead atoms. The maximum atomic E-state index is 5.70. The van der Waals surface area contributed by atoms with Gasteiger partial charge < -0.3 is 10.6 Å². The topological polar surface area (TPSA) is 29.3 Å². The van der Waals surface area contributed by atoms with Gasteiger partial charge in [0.15, 0.2) is 0 Å². The zero-order valence-corrected chi connectivity index (χ0v) is 5.22. The van der Waals surface area contributed by atoms with E-state index in [1.54, 1.807) is 0 Å². The average molecular weight is 112 g/mol. The van der Waals surface area contributed by atoms with E-state index in [1.165, 1.54) is 0 Å². The molecule has 1 aliphatic rings. The lowest BCUT2D eigenvalue weighted by molar-refractivity contribution is 0.140. The molecule has 0 aromatic heterocycles. The highest BCUT2D eigenvalue weighted by Crippen LogP contribution is 2.15. The molecule has 0 amide bonds. The smallest absolute Gasteiger partial charge is 0.0480 e. The Morgan fingerprint density at radius 3 is 2.38 bits per heavy atom. The zero-order chi connectivity index (χ0) is 6.20. The molecule has 2 heteroatoms. The minimum Gasteiger partial charge on any atom is -0.374 e. The summed E-state index contributed by atoms with van der Waals surface area (Å²) < 4.78 is 0. The van der Waals surface area contributed by atoms with Crippen molar-refractivity contribution in [3.63, 3.8) is 0 Å². The fourth-order valence-corrected chi connectivity index (χ4v) is 1.01. The minimum atomic E-state index is 0.0498. The van der Waals surface area contributed by atoms with Crippen molar-refractivity contribution in [3.05, 3.63) is 12.8 Å². The molecule has 0 aromatic rings. The number of nitrogens with zero attached hydrogens (tertiary/aromatic N) is 1. The van der Waals surface area contributed by atoms with Crippen molar-refractivity contribution in [2.75, 3.05) is 13.1 Å². The van der Waals surface area contributed by atoms with E-state index in [4.69, 9.17) is 5.73 Å². The third-order valence-corrected chi connectivity index (χ3v) is 1.39. The fraction of sp³-hybridized carbons (Fsp3) is 0.667. The Balaban J connectivity index is 2.31. The molecule has 1 rings (SSSR count). The highest BCUT2D eigenvalue weighted by atomic mass is 15.2. The van der Waals surface area contributed by atoms with Gasteiger partial charge in [0.2, 0.25) is 0 Å². The van der Waals surface area contributed by atoms with Gasteiger partial charge in [-0.3, -0.25) is 0 Å². The third kappa shape index (κ3) is 0.842. The second-order valence-corrected chi connectivity index (χ2v) is 2.74. The lowest BCUT2D eigenvalue weighted by Crippen LogP contribution is -2.63. The first-order valence-corrected chi connectivity index (χ1v) is 2.79. The molecule has 0 spiro atoms.